The van der Waals surface area contributed by atoms with Crippen LogP contribution in [-0.4, -0.2) is 10.9 Å². The van der Waals surface area contributed by atoms with Gasteiger partial charge < -0.3 is 10.5 Å². The minimum absolute atomic E-state index is 0.212. The Balaban J connectivity index is 1.76. The zero-order valence-electron chi connectivity index (χ0n) is 13.1. The lowest BCUT2D eigenvalue weighted by Gasteiger charge is -2.46. The van der Waals surface area contributed by atoms with Gasteiger partial charge in [-0.25, -0.2) is 0 Å². The van der Waals surface area contributed by atoms with Crippen LogP contribution in [0.5, 0.6) is 0 Å². The molecule has 3 nitrogen and oxygen atoms in total. The molecule has 0 spiro atoms. The molecule has 0 radical (unpaired) electrons. The van der Waals surface area contributed by atoms with E-state index in [1.165, 1.54) is 17.5 Å². The highest BCUT2D eigenvalue weighted by atomic mass is 16.4. The second-order valence-electron chi connectivity index (χ2n) is 6.61. The molecule has 1 aliphatic heterocycles. The van der Waals surface area contributed by atoms with Gasteiger partial charge in [-0.1, -0.05) is 72.2 Å². The van der Waals surface area contributed by atoms with E-state index in [2.05, 4.69) is 59.0 Å². The fraction of sp³-hybridized carbons (Fsp3) is 0.350. The smallest absolute Gasteiger partial charge is 0.0670 e. The molecule has 4 rings (SSSR count). The summed E-state index contributed by atoms with van der Waals surface area (Å²) in [6, 6.07) is 21.5. The number of fused-ring (bicyclic) bond motifs is 2. The fourth-order valence-electron chi connectivity index (χ4n) is 4.36. The van der Waals surface area contributed by atoms with Crippen molar-refractivity contribution in [1.29, 1.82) is 0 Å². The van der Waals surface area contributed by atoms with Gasteiger partial charge >= 0.3 is 0 Å². The highest BCUT2D eigenvalue weighted by Gasteiger charge is 2.45. The van der Waals surface area contributed by atoms with Crippen LogP contribution in [0.15, 0.2) is 65.8 Å². The van der Waals surface area contributed by atoms with Crippen molar-refractivity contribution in [3.63, 3.8) is 0 Å². The first-order valence-corrected chi connectivity index (χ1v) is 8.46. The van der Waals surface area contributed by atoms with E-state index in [4.69, 9.17) is 0 Å². The Morgan fingerprint density at radius 3 is 1.70 bits per heavy atom. The van der Waals surface area contributed by atoms with E-state index < -0.39 is 0 Å². The van der Waals surface area contributed by atoms with Crippen molar-refractivity contribution in [2.45, 2.75) is 31.3 Å². The minimum atomic E-state index is 0.212. The van der Waals surface area contributed by atoms with Crippen LogP contribution in [0.25, 0.3) is 0 Å². The Kier molecular flexibility index (Phi) is 3.88. The molecular weight excluding hydrogens is 284 g/mol. The van der Waals surface area contributed by atoms with Crippen LogP contribution < -0.4 is 5.32 Å². The molecule has 2 aromatic carbocycles. The van der Waals surface area contributed by atoms with E-state index in [0.29, 0.717) is 11.8 Å². The van der Waals surface area contributed by atoms with Gasteiger partial charge in [0.05, 0.1) is 5.71 Å². The highest BCUT2D eigenvalue weighted by molar-refractivity contribution is 5.91. The van der Waals surface area contributed by atoms with Crippen LogP contribution in [0.2, 0.25) is 0 Å². The van der Waals surface area contributed by atoms with Gasteiger partial charge in [0, 0.05) is 23.9 Å². The van der Waals surface area contributed by atoms with Crippen molar-refractivity contribution in [2.75, 3.05) is 0 Å². The molecule has 2 bridgehead atoms. The molecule has 2 aliphatic rings. The number of hydrogen-bond donors (Lipinski definition) is 2. The van der Waals surface area contributed by atoms with Crippen LogP contribution >= 0.6 is 0 Å². The summed E-state index contributed by atoms with van der Waals surface area (Å²) in [7, 11) is 0. The summed E-state index contributed by atoms with van der Waals surface area (Å²) in [5, 5.41) is 17.3. The first-order valence-electron chi connectivity index (χ1n) is 8.46. The second-order valence-corrected chi connectivity index (χ2v) is 6.61. The second kappa shape index (κ2) is 6.17. The number of rotatable bonds is 2. The van der Waals surface area contributed by atoms with E-state index in [1.807, 2.05) is 12.1 Å². The number of oxime groups is 1. The minimum Gasteiger partial charge on any atom is -0.411 e. The summed E-state index contributed by atoms with van der Waals surface area (Å²) < 4.78 is 0. The number of nitrogens with zero attached hydrogens (tertiary/aromatic N) is 1. The van der Waals surface area contributed by atoms with Crippen molar-refractivity contribution in [2.24, 2.45) is 17.0 Å². The third-order valence-corrected chi connectivity index (χ3v) is 5.39. The van der Waals surface area contributed by atoms with Crippen molar-refractivity contribution < 1.29 is 5.21 Å². The Morgan fingerprint density at radius 2 is 1.26 bits per heavy atom. The van der Waals surface area contributed by atoms with Crippen LogP contribution in [0, 0.1) is 11.8 Å². The molecule has 2 aromatic rings. The molecule has 0 aromatic heterocycles. The van der Waals surface area contributed by atoms with Gasteiger partial charge in [-0.3, -0.25) is 0 Å². The van der Waals surface area contributed by atoms with E-state index in [1.54, 1.807) is 0 Å². The SMILES string of the molecule is ON=C1C2CCCC1C(c1ccccc1)NC2c1ccccc1. The molecule has 2 fully saturated rings. The molecular formula is C20H22N2O. The van der Waals surface area contributed by atoms with Crippen LogP contribution in [0.1, 0.15) is 42.5 Å². The van der Waals surface area contributed by atoms with Crippen molar-refractivity contribution in [1.82, 2.24) is 5.32 Å². The lowest BCUT2D eigenvalue weighted by atomic mass is 9.67. The van der Waals surface area contributed by atoms with Crippen LogP contribution in [-0.2, 0) is 0 Å². The number of hydrogen-bond acceptors (Lipinski definition) is 3. The zero-order chi connectivity index (χ0) is 15.6. The van der Waals surface area contributed by atoms with Crippen LogP contribution in [0.3, 0.4) is 0 Å². The Bertz CT molecular complexity index is 628. The fourth-order valence-corrected chi connectivity index (χ4v) is 4.36. The van der Waals surface area contributed by atoms with Gasteiger partial charge in [-0.15, -0.1) is 0 Å². The Labute approximate surface area is 137 Å². The van der Waals surface area contributed by atoms with Gasteiger partial charge in [-0.05, 0) is 24.0 Å². The topological polar surface area (TPSA) is 44.6 Å². The molecule has 4 unspecified atom stereocenters. The zero-order valence-corrected chi connectivity index (χ0v) is 13.1. The molecule has 1 aliphatic carbocycles. The lowest BCUT2D eigenvalue weighted by molar-refractivity contribution is 0.214. The molecule has 4 atom stereocenters. The normalized spacial score (nSPS) is 30.0. The summed E-state index contributed by atoms with van der Waals surface area (Å²) >= 11 is 0. The summed E-state index contributed by atoms with van der Waals surface area (Å²) in [6.45, 7) is 0. The first kappa shape index (κ1) is 14.5. The number of benzene rings is 2. The summed E-state index contributed by atoms with van der Waals surface area (Å²) in [6.07, 6.45) is 3.37. The van der Waals surface area contributed by atoms with Gasteiger partial charge in [0.1, 0.15) is 0 Å². The number of nitrogens with one attached hydrogen (secondary N) is 1. The van der Waals surface area contributed by atoms with E-state index in [0.717, 1.165) is 18.6 Å². The molecule has 23 heavy (non-hydrogen) atoms. The van der Waals surface area contributed by atoms with Gasteiger partial charge in [0.2, 0.25) is 0 Å². The summed E-state index contributed by atoms with van der Waals surface area (Å²) in [5.41, 5.74) is 3.54. The maximum Gasteiger partial charge on any atom is 0.0670 e. The molecule has 0 amide bonds. The summed E-state index contributed by atoms with van der Waals surface area (Å²) in [5.74, 6) is 0.585. The lowest BCUT2D eigenvalue weighted by Crippen LogP contribution is -2.50. The Morgan fingerprint density at radius 1 is 0.783 bits per heavy atom. The van der Waals surface area contributed by atoms with Crippen molar-refractivity contribution in [3.8, 4) is 0 Å². The molecule has 1 saturated heterocycles. The van der Waals surface area contributed by atoms with E-state index in [9.17, 15) is 5.21 Å². The molecule has 2 N–H and O–H groups in total. The first-order chi connectivity index (χ1) is 11.4. The third kappa shape index (κ3) is 2.55. The average Bonchev–Trinajstić information content (AvgIpc) is 2.63. The van der Waals surface area contributed by atoms with Crippen LogP contribution in [0.4, 0.5) is 0 Å². The Hall–Kier alpha value is -2.13. The van der Waals surface area contributed by atoms with E-state index in [-0.39, 0.29) is 12.1 Å². The molecule has 3 heteroatoms. The molecule has 118 valence electrons. The predicted octanol–water partition coefficient (Wildman–Crippen LogP) is 4.32. The molecule has 1 saturated carbocycles. The van der Waals surface area contributed by atoms with Gasteiger partial charge in [0.15, 0.2) is 0 Å². The monoisotopic (exact) mass is 306 g/mol. The number of piperidine rings is 1. The van der Waals surface area contributed by atoms with Crippen molar-refractivity contribution in [3.05, 3.63) is 71.8 Å². The maximum atomic E-state index is 9.69. The highest BCUT2D eigenvalue weighted by Crippen LogP contribution is 2.46. The van der Waals surface area contributed by atoms with Gasteiger partial charge in [-0.2, -0.15) is 0 Å². The largest absolute Gasteiger partial charge is 0.411 e. The standard InChI is InChI=1S/C20H22N2O/c23-22-20-16-12-7-13-17(20)19(15-10-5-2-6-11-15)21-18(16)14-8-3-1-4-9-14/h1-6,8-11,16-19,21,23H,7,12-13H2. The van der Waals surface area contributed by atoms with Crippen molar-refractivity contribution >= 4 is 5.71 Å². The molecule has 1 heterocycles. The third-order valence-electron chi connectivity index (χ3n) is 5.39. The average molecular weight is 306 g/mol. The maximum absolute atomic E-state index is 9.69. The summed E-state index contributed by atoms with van der Waals surface area (Å²) in [4.78, 5) is 0. The van der Waals surface area contributed by atoms with Gasteiger partial charge in [0.25, 0.3) is 0 Å². The predicted molar refractivity (Wildman–Crippen MR) is 91.6 cm³/mol. The quantitative estimate of drug-likeness (QED) is 0.641. The van der Waals surface area contributed by atoms with E-state index >= 15 is 0 Å².